The molecule has 0 amide bonds. The van der Waals surface area contributed by atoms with Gasteiger partial charge in [0, 0.05) is 0 Å². The van der Waals surface area contributed by atoms with E-state index in [1.807, 2.05) is 97.1 Å². The molecule has 0 N–H and O–H groups in total. The fourth-order valence-electron chi connectivity index (χ4n) is 2.83. The van der Waals surface area contributed by atoms with Gasteiger partial charge in [-0.2, -0.15) is 0 Å². The first-order valence-electron chi connectivity index (χ1n) is 10.3. The van der Waals surface area contributed by atoms with Gasteiger partial charge in [0.1, 0.15) is 0 Å². The summed E-state index contributed by atoms with van der Waals surface area (Å²) in [4.78, 5) is 25.7. The van der Waals surface area contributed by atoms with Crippen LogP contribution in [0.15, 0.2) is 96.4 Å². The van der Waals surface area contributed by atoms with Crippen LogP contribution in [-0.4, -0.2) is 21.4 Å². The van der Waals surface area contributed by atoms with Crippen LogP contribution in [0, 0.1) is 0 Å². The van der Waals surface area contributed by atoms with Gasteiger partial charge in [-0.15, -0.1) is 11.5 Å². The van der Waals surface area contributed by atoms with Gasteiger partial charge in [0.05, 0.1) is 9.81 Å². The smallest absolute Gasteiger partial charge is 0.251 e. The first-order chi connectivity index (χ1) is 16.6. The average Bonchev–Trinajstić information content (AvgIpc) is 2.90. The molecule has 0 aliphatic heterocycles. The largest absolute Gasteiger partial charge is 0.274 e. The van der Waals surface area contributed by atoms with Crippen molar-refractivity contribution in [2.45, 2.75) is 0 Å². The van der Waals surface area contributed by atoms with Crippen LogP contribution in [0.5, 0.6) is 0 Å². The molecule has 0 bridgehead atoms. The third-order valence-corrected chi connectivity index (χ3v) is 8.10. The topological polar surface area (TPSA) is 34.1 Å². The highest BCUT2D eigenvalue weighted by Gasteiger charge is 2.09. The molecule has 0 radical (unpaired) electrons. The summed E-state index contributed by atoms with van der Waals surface area (Å²) in [6.45, 7) is 0. The molecule has 0 heterocycles. The average molecular weight is 519 g/mol. The number of carbonyl (C=O) groups is 2. The second kappa shape index (κ2) is 14.0. The van der Waals surface area contributed by atoms with Gasteiger partial charge < -0.3 is 0 Å². The fraction of sp³-hybridized carbons (Fsp3) is 0.0714. The zero-order chi connectivity index (χ0) is 24.2. The number of rotatable bonds is 6. The lowest BCUT2D eigenvalue weighted by Crippen LogP contribution is -1.84. The molecule has 0 aliphatic rings. The molecule has 34 heavy (non-hydrogen) atoms. The van der Waals surface area contributed by atoms with Crippen molar-refractivity contribution in [1.82, 2.24) is 0 Å². The number of hydrogen-bond donors (Lipinski definition) is 0. The van der Waals surface area contributed by atoms with Crippen LogP contribution in [0.25, 0.3) is 22.0 Å². The van der Waals surface area contributed by atoms with E-state index in [4.69, 9.17) is 0 Å². The van der Waals surface area contributed by atoms with E-state index in [1.54, 1.807) is 12.5 Å². The highest BCUT2D eigenvalue weighted by molar-refractivity contribution is 8.42. The summed E-state index contributed by atoms with van der Waals surface area (Å²) >= 11 is 4.72. The highest BCUT2D eigenvalue weighted by atomic mass is 32.2. The number of benzene rings is 3. The van der Waals surface area contributed by atoms with Crippen LogP contribution >= 0.6 is 47.0 Å². The second-order valence-electron chi connectivity index (χ2n) is 6.71. The molecular weight excluding hydrogens is 497 g/mol. The molecule has 0 spiro atoms. The van der Waals surface area contributed by atoms with Crippen LogP contribution in [0.3, 0.4) is 0 Å². The Hall–Kier alpha value is -2.56. The number of thioether (sulfide) groups is 4. The van der Waals surface area contributed by atoms with Crippen LogP contribution in [0.4, 0.5) is 9.59 Å². The van der Waals surface area contributed by atoms with Crippen molar-refractivity contribution in [2.75, 3.05) is 12.5 Å². The van der Waals surface area contributed by atoms with Gasteiger partial charge in [-0.25, -0.2) is 0 Å². The van der Waals surface area contributed by atoms with E-state index in [-0.39, 0.29) is 8.89 Å². The van der Waals surface area contributed by atoms with Gasteiger partial charge in [0.15, 0.2) is 0 Å². The highest BCUT2D eigenvalue weighted by Crippen LogP contribution is 2.32. The summed E-state index contributed by atoms with van der Waals surface area (Å²) in [5, 5.41) is 0. The maximum Gasteiger partial charge on any atom is 0.251 e. The van der Waals surface area contributed by atoms with Crippen molar-refractivity contribution in [3.63, 3.8) is 0 Å². The van der Waals surface area contributed by atoms with Crippen molar-refractivity contribution >= 4 is 77.9 Å². The third kappa shape index (κ3) is 8.03. The predicted molar refractivity (Wildman–Crippen MR) is 155 cm³/mol. The van der Waals surface area contributed by atoms with Gasteiger partial charge in [-0.05, 0) is 70.4 Å². The molecule has 0 saturated carbocycles. The van der Waals surface area contributed by atoms with Crippen LogP contribution in [-0.2, 0) is 0 Å². The third-order valence-electron chi connectivity index (χ3n) is 4.49. The second-order valence-corrected chi connectivity index (χ2v) is 10.8. The Balaban J connectivity index is 2.05. The van der Waals surface area contributed by atoms with Gasteiger partial charge in [-0.3, -0.25) is 9.59 Å². The summed E-state index contributed by atoms with van der Waals surface area (Å²) in [6, 6.07) is 27.5. The molecule has 0 unspecified atom stereocenters. The molecule has 0 saturated heterocycles. The number of hydrogen-bond acceptors (Lipinski definition) is 6. The van der Waals surface area contributed by atoms with Crippen LogP contribution in [0.1, 0.15) is 22.3 Å². The fourth-order valence-corrected chi connectivity index (χ4v) is 5.08. The van der Waals surface area contributed by atoms with Crippen LogP contribution < -0.4 is 0 Å². The minimum Gasteiger partial charge on any atom is -0.274 e. The lowest BCUT2D eigenvalue weighted by Gasteiger charge is -2.04. The Morgan fingerprint density at radius 2 is 0.941 bits per heavy atom. The SMILES string of the molecule is CSC(=O)SC(=C=Cc1ccccc1C=C=C(SC(=O)SC)c1ccccc1)c1ccccc1. The molecule has 0 fully saturated rings. The molecular formula is C28H22O2S4. The van der Waals surface area contributed by atoms with Gasteiger partial charge >= 0.3 is 0 Å². The minimum absolute atomic E-state index is 0.0128. The van der Waals surface area contributed by atoms with Crippen molar-refractivity contribution < 1.29 is 9.59 Å². The standard InChI is InChI=1S/C28H22O2S4/c1-31-27(29)33-25(23-13-5-3-6-14-23)19-17-21-11-9-10-12-22(21)18-20-26(34-28(30)32-2)24-15-7-4-8-16-24/h3-18H,1-2H3. The van der Waals surface area contributed by atoms with Crippen molar-refractivity contribution in [3.05, 3.63) is 119 Å². The Morgan fingerprint density at radius 3 is 1.29 bits per heavy atom. The summed E-state index contributed by atoms with van der Waals surface area (Å²) < 4.78 is 0.0257. The minimum atomic E-state index is 0.0128. The Morgan fingerprint density at radius 1 is 0.588 bits per heavy atom. The summed E-state index contributed by atoms with van der Waals surface area (Å²) in [5.74, 6) is 0. The van der Waals surface area contributed by atoms with E-state index in [1.165, 1.54) is 47.0 Å². The van der Waals surface area contributed by atoms with E-state index < -0.39 is 0 Å². The van der Waals surface area contributed by atoms with Gasteiger partial charge in [0.2, 0.25) is 0 Å². The van der Waals surface area contributed by atoms with E-state index in [9.17, 15) is 9.59 Å². The maximum absolute atomic E-state index is 12.1. The molecule has 0 aliphatic carbocycles. The lowest BCUT2D eigenvalue weighted by molar-refractivity contribution is 0.276. The molecule has 6 heteroatoms. The van der Waals surface area contributed by atoms with E-state index >= 15 is 0 Å². The molecule has 170 valence electrons. The van der Waals surface area contributed by atoms with Crippen molar-refractivity contribution in [1.29, 1.82) is 0 Å². The zero-order valence-electron chi connectivity index (χ0n) is 18.7. The van der Waals surface area contributed by atoms with Crippen molar-refractivity contribution in [2.24, 2.45) is 0 Å². The summed E-state index contributed by atoms with van der Waals surface area (Å²) in [7, 11) is 0. The zero-order valence-corrected chi connectivity index (χ0v) is 22.0. The Labute approximate surface area is 217 Å². The van der Waals surface area contributed by atoms with Gasteiger partial charge in [-0.1, -0.05) is 108 Å². The molecule has 3 aromatic carbocycles. The molecule has 3 aromatic rings. The van der Waals surface area contributed by atoms with E-state index in [0.717, 1.165) is 32.1 Å². The van der Waals surface area contributed by atoms with Gasteiger partial charge in [0.25, 0.3) is 8.89 Å². The van der Waals surface area contributed by atoms with Crippen molar-refractivity contribution in [3.8, 4) is 0 Å². The Kier molecular flexibility index (Phi) is 10.7. The van der Waals surface area contributed by atoms with Crippen LogP contribution in [0.2, 0.25) is 0 Å². The number of carbonyl (C=O) groups excluding carboxylic acids is 2. The van der Waals surface area contributed by atoms with E-state index in [0.29, 0.717) is 0 Å². The lowest BCUT2D eigenvalue weighted by atomic mass is 10.1. The normalized spacial score (nSPS) is 9.94. The molecule has 3 rings (SSSR count). The quantitative estimate of drug-likeness (QED) is 0.302. The first-order valence-corrected chi connectivity index (χ1v) is 14.3. The first kappa shape index (κ1) is 26.1. The molecule has 0 atom stereocenters. The summed E-state index contributed by atoms with van der Waals surface area (Å²) in [6.07, 6.45) is 7.33. The predicted octanol–water partition coefficient (Wildman–Crippen LogP) is 9.43. The van der Waals surface area contributed by atoms with E-state index in [2.05, 4.69) is 11.5 Å². The molecule has 2 nitrogen and oxygen atoms in total. The monoisotopic (exact) mass is 518 g/mol. The summed E-state index contributed by atoms with van der Waals surface area (Å²) in [5.41, 5.74) is 10.4. The maximum atomic E-state index is 12.1. The Bertz CT molecular complexity index is 1170. The molecule has 0 aromatic heterocycles.